The van der Waals surface area contributed by atoms with Crippen LogP contribution in [0.5, 0.6) is 0 Å². The molecule has 0 atom stereocenters. The number of anilines is 1. The number of nitrogens with one attached hydrogen (secondary N) is 2. The standard InChI is InChI=1S/C12H7Cl2N3O3S/c13-9-3-7(5-15)1-2-11(9)17-21(19,20)8-4-10(14)12(18)16-6-8/h1-4,6,17H,(H,16,18). The number of hydrogen-bond acceptors (Lipinski definition) is 4. The molecule has 2 rings (SSSR count). The first-order valence-electron chi connectivity index (χ1n) is 5.44. The summed E-state index contributed by atoms with van der Waals surface area (Å²) in [6.45, 7) is 0. The fourth-order valence-electron chi connectivity index (χ4n) is 1.46. The van der Waals surface area contributed by atoms with Gasteiger partial charge in [-0.15, -0.1) is 0 Å². The zero-order valence-corrected chi connectivity index (χ0v) is 12.6. The molecule has 0 saturated carbocycles. The summed E-state index contributed by atoms with van der Waals surface area (Å²) >= 11 is 11.5. The van der Waals surface area contributed by atoms with Gasteiger partial charge >= 0.3 is 0 Å². The molecule has 0 spiro atoms. The van der Waals surface area contributed by atoms with Crippen LogP contribution in [-0.4, -0.2) is 13.4 Å². The molecule has 0 amide bonds. The van der Waals surface area contributed by atoms with E-state index in [1.54, 1.807) is 0 Å². The number of benzene rings is 1. The van der Waals surface area contributed by atoms with Crippen molar-refractivity contribution in [1.29, 1.82) is 5.26 Å². The Labute approximate surface area is 130 Å². The lowest BCUT2D eigenvalue weighted by Crippen LogP contribution is -2.16. The predicted octanol–water partition coefficient (Wildman–Crippen LogP) is 2.35. The van der Waals surface area contributed by atoms with Crippen molar-refractivity contribution < 1.29 is 8.42 Å². The number of hydrogen-bond donors (Lipinski definition) is 2. The minimum absolute atomic E-state index is 0.0770. The fourth-order valence-corrected chi connectivity index (χ4v) is 3.06. The normalized spacial score (nSPS) is 10.9. The number of aromatic nitrogens is 1. The molecule has 1 heterocycles. The average Bonchev–Trinajstić information content (AvgIpc) is 2.43. The molecule has 108 valence electrons. The SMILES string of the molecule is N#Cc1ccc(NS(=O)(=O)c2c[nH]c(=O)c(Cl)c2)c(Cl)c1. The molecule has 6 nitrogen and oxygen atoms in total. The third kappa shape index (κ3) is 3.36. The van der Waals surface area contributed by atoms with Crippen molar-refractivity contribution in [3.8, 4) is 6.07 Å². The van der Waals surface area contributed by atoms with Crippen LogP contribution in [-0.2, 0) is 10.0 Å². The van der Waals surface area contributed by atoms with E-state index in [4.69, 9.17) is 28.5 Å². The van der Waals surface area contributed by atoms with Crippen LogP contribution in [0.3, 0.4) is 0 Å². The first kappa shape index (κ1) is 15.4. The van der Waals surface area contributed by atoms with Gasteiger partial charge in [0.1, 0.15) is 9.92 Å². The maximum Gasteiger partial charge on any atom is 0.266 e. The summed E-state index contributed by atoms with van der Waals surface area (Å²) in [6, 6.07) is 7.03. The van der Waals surface area contributed by atoms with Gasteiger partial charge in [-0.1, -0.05) is 23.2 Å². The van der Waals surface area contributed by atoms with Gasteiger partial charge in [0.05, 0.1) is 22.3 Å². The van der Waals surface area contributed by atoms with Gasteiger partial charge in [-0.3, -0.25) is 9.52 Å². The van der Waals surface area contributed by atoms with E-state index in [1.165, 1.54) is 18.2 Å². The van der Waals surface area contributed by atoms with Gasteiger partial charge in [-0.2, -0.15) is 5.26 Å². The third-order valence-electron chi connectivity index (χ3n) is 2.48. The molecule has 0 bridgehead atoms. The zero-order chi connectivity index (χ0) is 15.6. The van der Waals surface area contributed by atoms with E-state index >= 15 is 0 Å². The molecule has 0 aliphatic carbocycles. The molecule has 2 aromatic rings. The van der Waals surface area contributed by atoms with Crippen LogP contribution in [0.25, 0.3) is 0 Å². The van der Waals surface area contributed by atoms with Crippen LogP contribution in [0.4, 0.5) is 5.69 Å². The number of aromatic amines is 1. The van der Waals surface area contributed by atoms with Gasteiger partial charge in [0.15, 0.2) is 0 Å². The molecule has 21 heavy (non-hydrogen) atoms. The lowest BCUT2D eigenvalue weighted by molar-refractivity contribution is 0.600. The fraction of sp³-hybridized carbons (Fsp3) is 0. The summed E-state index contributed by atoms with van der Waals surface area (Å²) in [5.41, 5.74) is -0.181. The van der Waals surface area contributed by atoms with Crippen molar-refractivity contribution in [3.05, 3.63) is 56.4 Å². The topological polar surface area (TPSA) is 103 Å². The van der Waals surface area contributed by atoms with Crippen molar-refractivity contribution in [2.75, 3.05) is 4.72 Å². The quantitative estimate of drug-likeness (QED) is 0.892. The van der Waals surface area contributed by atoms with E-state index < -0.39 is 15.6 Å². The van der Waals surface area contributed by atoms with Crippen LogP contribution in [0, 0.1) is 11.3 Å². The largest absolute Gasteiger partial charge is 0.326 e. The van der Waals surface area contributed by atoms with Gasteiger partial charge in [-0.25, -0.2) is 8.42 Å². The maximum atomic E-state index is 12.2. The van der Waals surface area contributed by atoms with Crippen LogP contribution in [0.2, 0.25) is 10.0 Å². The highest BCUT2D eigenvalue weighted by atomic mass is 35.5. The second kappa shape index (κ2) is 5.77. The highest BCUT2D eigenvalue weighted by Crippen LogP contribution is 2.25. The highest BCUT2D eigenvalue weighted by Gasteiger charge is 2.17. The van der Waals surface area contributed by atoms with E-state index in [0.717, 1.165) is 12.3 Å². The average molecular weight is 344 g/mol. The molecular weight excluding hydrogens is 337 g/mol. The number of rotatable bonds is 3. The Hall–Kier alpha value is -2.01. The summed E-state index contributed by atoms with van der Waals surface area (Å²) in [7, 11) is -3.97. The van der Waals surface area contributed by atoms with Crippen molar-refractivity contribution >= 4 is 38.9 Å². The smallest absolute Gasteiger partial charge is 0.266 e. The van der Waals surface area contributed by atoms with E-state index in [0.29, 0.717) is 5.56 Å². The number of nitrogens with zero attached hydrogens (tertiary/aromatic N) is 1. The van der Waals surface area contributed by atoms with E-state index in [-0.39, 0.29) is 20.6 Å². The van der Waals surface area contributed by atoms with E-state index in [1.807, 2.05) is 6.07 Å². The van der Waals surface area contributed by atoms with E-state index in [9.17, 15) is 13.2 Å². The number of nitriles is 1. The number of sulfonamides is 1. The Balaban J connectivity index is 2.40. The number of H-pyrrole nitrogens is 1. The van der Waals surface area contributed by atoms with Crippen molar-refractivity contribution in [1.82, 2.24) is 4.98 Å². The molecule has 0 fully saturated rings. The molecule has 0 saturated heterocycles. The Morgan fingerprint density at radius 3 is 2.48 bits per heavy atom. The first-order valence-corrected chi connectivity index (χ1v) is 7.68. The minimum atomic E-state index is -3.97. The Morgan fingerprint density at radius 2 is 1.90 bits per heavy atom. The molecule has 0 radical (unpaired) electrons. The third-order valence-corrected chi connectivity index (χ3v) is 4.42. The second-order valence-electron chi connectivity index (χ2n) is 3.92. The molecule has 0 unspecified atom stereocenters. The molecule has 2 N–H and O–H groups in total. The van der Waals surface area contributed by atoms with Gasteiger partial charge in [-0.05, 0) is 24.3 Å². The minimum Gasteiger partial charge on any atom is -0.326 e. The zero-order valence-electron chi connectivity index (χ0n) is 10.2. The number of halogens is 2. The summed E-state index contributed by atoms with van der Waals surface area (Å²) in [5.74, 6) is 0. The Kier molecular flexibility index (Phi) is 4.23. The lowest BCUT2D eigenvalue weighted by Gasteiger charge is -2.09. The lowest BCUT2D eigenvalue weighted by atomic mass is 10.2. The molecule has 0 aliphatic rings. The van der Waals surface area contributed by atoms with Crippen molar-refractivity contribution in [2.45, 2.75) is 4.90 Å². The van der Waals surface area contributed by atoms with Gasteiger partial charge < -0.3 is 4.98 Å². The van der Waals surface area contributed by atoms with Gasteiger partial charge in [0, 0.05) is 6.20 Å². The second-order valence-corrected chi connectivity index (χ2v) is 6.42. The van der Waals surface area contributed by atoms with Crippen LogP contribution < -0.4 is 10.3 Å². The summed E-state index contributed by atoms with van der Waals surface area (Å²) in [5, 5.41) is 8.55. The van der Waals surface area contributed by atoms with Crippen LogP contribution in [0.1, 0.15) is 5.56 Å². The summed E-state index contributed by atoms with van der Waals surface area (Å²) in [4.78, 5) is 13.1. The first-order chi connectivity index (χ1) is 9.83. The molecule has 1 aromatic carbocycles. The number of pyridine rings is 1. The van der Waals surface area contributed by atoms with Crippen LogP contribution >= 0.6 is 23.2 Å². The van der Waals surface area contributed by atoms with Crippen molar-refractivity contribution in [3.63, 3.8) is 0 Å². The van der Waals surface area contributed by atoms with Crippen LogP contribution in [0.15, 0.2) is 40.2 Å². The summed E-state index contributed by atoms with van der Waals surface area (Å²) in [6.07, 6.45) is 1.02. The van der Waals surface area contributed by atoms with Gasteiger partial charge in [0.2, 0.25) is 0 Å². The van der Waals surface area contributed by atoms with Crippen molar-refractivity contribution in [2.24, 2.45) is 0 Å². The highest BCUT2D eigenvalue weighted by molar-refractivity contribution is 7.92. The van der Waals surface area contributed by atoms with Gasteiger partial charge in [0.25, 0.3) is 15.6 Å². The van der Waals surface area contributed by atoms with E-state index in [2.05, 4.69) is 9.71 Å². The maximum absolute atomic E-state index is 12.2. The Morgan fingerprint density at radius 1 is 1.19 bits per heavy atom. The summed E-state index contributed by atoms with van der Waals surface area (Å²) < 4.78 is 26.6. The predicted molar refractivity (Wildman–Crippen MR) is 79.0 cm³/mol. The molecular formula is C12H7Cl2N3O3S. The monoisotopic (exact) mass is 343 g/mol. The molecule has 9 heteroatoms. The Bertz CT molecular complexity index is 901. The molecule has 1 aromatic heterocycles. The molecule has 0 aliphatic heterocycles.